The first-order valence-electron chi connectivity index (χ1n) is 13.8. The van der Waals surface area contributed by atoms with Gasteiger partial charge < -0.3 is 5.11 Å². The summed E-state index contributed by atoms with van der Waals surface area (Å²) >= 11 is 0.248. The van der Waals surface area contributed by atoms with Gasteiger partial charge in [-0.25, -0.2) is 0 Å². The molecular formula is C33H43HgN2O2. The summed E-state index contributed by atoms with van der Waals surface area (Å²) in [6.45, 7) is 13.9. The zero-order valence-electron chi connectivity index (χ0n) is 23.9. The van der Waals surface area contributed by atoms with E-state index in [0.29, 0.717) is 0 Å². The van der Waals surface area contributed by atoms with Crippen molar-refractivity contribution in [2.75, 3.05) is 0 Å². The van der Waals surface area contributed by atoms with Crippen LogP contribution in [-0.2, 0) is 39.0 Å². The van der Waals surface area contributed by atoms with Gasteiger partial charge in [-0.15, -0.1) is 0 Å². The number of nitrogens with zero attached hydrogens (tertiary/aromatic N) is 2. The summed E-state index contributed by atoms with van der Waals surface area (Å²) in [4.78, 5) is 18.4. The molecule has 1 saturated carbocycles. The van der Waals surface area contributed by atoms with E-state index in [2.05, 4.69) is 71.5 Å². The van der Waals surface area contributed by atoms with E-state index in [-0.39, 0.29) is 37.7 Å². The number of aryl methyl sites for hydroxylation is 1. The van der Waals surface area contributed by atoms with Crippen molar-refractivity contribution >= 4 is 3.33 Å². The van der Waals surface area contributed by atoms with Gasteiger partial charge in [-0.1, -0.05) is 32.1 Å². The van der Waals surface area contributed by atoms with Gasteiger partial charge in [0.25, 0.3) is 0 Å². The molecule has 1 N–H and O–H groups in total. The van der Waals surface area contributed by atoms with E-state index in [0.717, 1.165) is 63.1 Å². The Kier molecular flexibility index (Phi) is 13.8. The topological polar surface area (TPSA) is 55.1 Å². The van der Waals surface area contributed by atoms with Gasteiger partial charge >= 0.3 is 172 Å². The SMILES string of the molecule is C=CO.CC=C1CCC1C(C)C.CCCc1c(CC)n[c]([Hg])n(C(c2ccccc2)c2ccccc2)c1=O. The molecule has 0 spiro atoms. The predicted octanol–water partition coefficient (Wildman–Crippen LogP) is 7.25. The Balaban J connectivity index is 0.000000351. The summed E-state index contributed by atoms with van der Waals surface area (Å²) < 4.78 is 2.92. The minimum atomic E-state index is -0.119. The van der Waals surface area contributed by atoms with Gasteiger partial charge in [0.1, 0.15) is 0 Å². The van der Waals surface area contributed by atoms with Crippen LogP contribution in [0.3, 0.4) is 0 Å². The molecule has 1 aliphatic rings. The summed E-state index contributed by atoms with van der Waals surface area (Å²) in [5, 5.41) is 7.33. The second kappa shape index (κ2) is 16.5. The fraction of sp³-hybridized carbons (Fsp3) is 0.394. The molecule has 1 heterocycles. The van der Waals surface area contributed by atoms with Crippen molar-refractivity contribution in [3.05, 3.63) is 118 Å². The fourth-order valence-corrected chi connectivity index (χ4v) is 7.09. The molecule has 4 rings (SSSR count). The van der Waals surface area contributed by atoms with Crippen molar-refractivity contribution in [1.82, 2.24) is 9.55 Å². The van der Waals surface area contributed by atoms with Crippen LogP contribution in [0.2, 0.25) is 0 Å². The summed E-state index contributed by atoms with van der Waals surface area (Å²) in [7, 11) is 0. The van der Waals surface area contributed by atoms with Gasteiger partial charge in [-0.2, -0.15) is 0 Å². The molecule has 0 bridgehead atoms. The van der Waals surface area contributed by atoms with Crippen molar-refractivity contribution in [1.29, 1.82) is 0 Å². The maximum absolute atomic E-state index is 13.5. The van der Waals surface area contributed by atoms with Crippen LogP contribution >= 0.6 is 0 Å². The molecule has 38 heavy (non-hydrogen) atoms. The number of aliphatic hydroxyl groups is 1. The number of aromatic nitrogens is 2. The predicted molar refractivity (Wildman–Crippen MR) is 156 cm³/mol. The first-order chi connectivity index (χ1) is 18.3. The van der Waals surface area contributed by atoms with E-state index in [9.17, 15) is 4.79 Å². The van der Waals surface area contributed by atoms with Gasteiger partial charge in [0.15, 0.2) is 0 Å². The number of allylic oxidation sites excluding steroid dienone is 2. The Morgan fingerprint density at radius 2 is 1.61 bits per heavy atom. The standard InChI is InChI=1S/C22H23N2O.C9H16.C2H4O.Hg/c1-3-11-19-20(4-2)23-16-24(22(19)25)21(17-12-7-5-8-13-17)18-14-9-6-10-15-18;1-4-8-5-6-9(8)7(2)3;1-2-3;/h5-10,12-15,21H,3-4,11H2,1-2H3;4,7,9H,5-6H2,1-3H3;2-3H,1H2;. The second-order valence-electron chi connectivity index (χ2n) is 9.89. The molecule has 1 fully saturated rings. The normalized spacial score (nSPS) is 15.3. The summed E-state index contributed by atoms with van der Waals surface area (Å²) in [6, 6.07) is 20.5. The van der Waals surface area contributed by atoms with E-state index in [1.807, 2.05) is 41.0 Å². The molecule has 2 aromatic carbocycles. The number of aliphatic hydroxyl groups excluding tert-OH is 1. The van der Waals surface area contributed by atoms with E-state index in [1.54, 1.807) is 5.57 Å². The average molecular weight is 700 g/mol. The molecule has 1 aromatic heterocycles. The molecule has 199 valence electrons. The number of rotatable bonds is 7. The first kappa shape index (κ1) is 31.8. The van der Waals surface area contributed by atoms with E-state index < -0.39 is 0 Å². The number of hydrogen-bond donors (Lipinski definition) is 1. The van der Waals surface area contributed by atoms with Crippen molar-refractivity contribution in [3.8, 4) is 0 Å². The summed E-state index contributed by atoms with van der Waals surface area (Å²) in [5.74, 6) is 1.79. The molecule has 0 saturated heterocycles. The zero-order chi connectivity index (χ0) is 28.1. The van der Waals surface area contributed by atoms with Crippen LogP contribution in [0.1, 0.15) is 82.3 Å². The van der Waals surface area contributed by atoms with E-state index in [4.69, 9.17) is 10.1 Å². The Labute approximate surface area is 245 Å². The first-order valence-corrected chi connectivity index (χ1v) is 16.6. The molecule has 0 radical (unpaired) electrons. The van der Waals surface area contributed by atoms with Crippen molar-refractivity contribution in [2.24, 2.45) is 11.8 Å². The Bertz CT molecular complexity index is 1180. The molecule has 1 aliphatic carbocycles. The van der Waals surface area contributed by atoms with Crippen LogP contribution in [0.15, 0.2) is 89.9 Å². The maximum atomic E-state index is 13.5. The van der Waals surface area contributed by atoms with Crippen LogP contribution in [0.4, 0.5) is 0 Å². The molecule has 0 aliphatic heterocycles. The molecule has 1 unspecified atom stereocenters. The van der Waals surface area contributed by atoms with Crippen molar-refractivity contribution in [2.45, 2.75) is 72.8 Å². The van der Waals surface area contributed by atoms with Gasteiger partial charge in [0.05, 0.1) is 6.26 Å². The number of hydrogen-bond acceptors (Lipinski definition) is 3. The molecule has 4 nitrogen and oxygen atoms in total. The Morgan fingerprint density at radius 3 is 1.95 bits per heavy atom. The Morgan fingerprint density at radius 1 is 1.08 bits per heavy atom. The average Bonchev–Trinajstić information content (AvgIpc) is 2.89. The summed E-state index contributed by atoms with van der Waals surface area (Å²) in [5.41, 5.74) is 5.95. The van der Waals surface area contributed by atoms with Crippen LogP contribution in [0.5, 0.6) is 0 Å². The molecule has 1 atom stereocenters. The third-order valence-electron chi connectivity index (χ3n) is 7.09. The third-order valence-corrected chi connectivity index (χ3v) is 9.03. The van der Waals surface area contributed by atoms with Crippen LogP contribution in [0, 0.1) is 11.8 Å². The summed E-state index contributed by atoms with van der Waals surface area (Å²) in [6.07, 6.45) is 8.39. The monoisotopic (exact) mass is 701 g/mol. The molecular weight excluding hydrogens is 657 g/mol. The molecule has 0 amide bonds. The van der Waals surface area contributed by atoms with Gasteiger partial charge in [0, 0.05) is 0 Å². The van der Waals surface area contributed by atoms with Gasteiger partial charge in [-0.05, 0) is 31.6 Å². The zero-order valence-corrected chi connectivity index (χ0v) is 29.4. The van der Waals surface area contributed by atoms with E-state index in [1.165, 1.54) is 12.8 Å². The molecule has 5 heteroatoms. The fourth-order valence-electron chi connectivity index (χ4n) is 5.08. The minimum absolute atomic E-state index is 0.119. The quantitative estimate of drug-likeness (QED) is 0.161. The van der Waals surface area contributed by atoms with Crippen molar-refractivity contribution in [3.63, 3.8) is 0 Å². The van der Waals surface area contributed by atoms with Crippen LogP contribution in [-0.4, -0.2) is 14.7 Å². The number of benzene rings is 2. The van der Waals surface area contributed by atoms with Crippen LogP contribution in [0.25, 0.3) is 0 Å². The molecule has 3 aromatic rings. The van der Waals surface area contributed by atoms with E-state index >= 15 is 0 Å². The second-order valence-corrected chi connectivity index (χ2v) is 12.3. The Hall–Kier alpha value is -2.46. The van der Waals surface area contributed by atoms with Crippen molar-refractivity contribution < 1.29 is 31.2 Å². The van der Waals surface area contributed by atoms with Gasteiger partial charge in [-0.3, -0.25) is 0 Å². The van der Waals surface area contributed by atoms with Gasteiger partial charge in [0.2, 0.25) is 0 Å². The van der Waals surface area contributed by atoms with Crippen LogP contribution < -0.4 is 8.89 Å². The third kappa shape index (κ3) is 8.27.